The SMILES string of the molecule is CC1=CC(=O)C2=C(CC(C)=C(C)C2)C1=O. The van der Waals surface area contributed by atoms with Gasteiger partial charge in [-0.3, -0.25) is 9.59 Å². The summed E-state index contributed by atoms with van der Waals surface area (Å²) in [7, 11) is 0. The van der Waals surface area contributed by atoms with E-state index < -0.39 is 0 Å². The summed E-state index contributed by atoms with van der Waals surface area (Å²) in [6, 6.07) is 0. The van der Waals surface area contributed by atoms with E-state index in [4.69, 9.17) is 0 Å². The third-order valence-electron chi connectivity index (χ3n) is 3.25. The second-order valence-electron chi connectivity index (χ2n) is 4.39. The molecule has 2 nitrogen and oxygen atoms in total. The number of allylic oxidation sites excluding steroid dienone is 6. The highest BCUT2D eigenvalue weighted by Crippen LogP contribution is 2.34. The molecule has 0 aromatic carbocycles. The van der Waals surface area contributed by atoms with E-state index in [1.807, 2.05) is 13.8 Å². The Morgan fingerprint density at radius 1 is 0.933 bits per heavy atom. The zero-order chi connectivity index (χ0) is 11.2. The van der Waals surface area contributed by atoms with Crippen molar-refractivity contribution in [1.82, 2.24) is 0 Å². The van der Waals surface area contributed by atoms with Crippen LogP contribution in [0.3, 0.4) is 0 Å². The van der Waals surface area contributed by atoms with Gasteiger partial charge in [0.25, 0.3) is 0 Å². The molecule has 0 fully saturated rings. The lowest BCUT2D eigenvalue weighted by molar-refractivity contribution is -0.116. The molecule has 0 aliphatic heterocycles. The molecule has 0 atom stereocenters. The van der Waals surface area contributed by atoms with Gasteiger partial charge in [0.15, 0.2) is 11.6 Å². The number of hydrogen-bond donors (Lipinski definition) is 0. The van der Waals surface area contributed by atoms with Crippen LogP contribution in [-0.2, 0) is 9.59 Å². The Balaban J connectivity index is 2.45. The van der Waals surface area contributed by atoms with E-state index in [0.29, 0.717) is 24.0 Å². The minimum Gasteiger partial charge on any atom is -0.290 e. The second-order valence-corrected chi connectivity index (χ2v) is 4.39. The Bertz CT molecular complexity index is 459. The van der Waals surface area contributed by atoms with Gasteiger partial charge in [0.2, 0.25) is 0 Å². The van der Waals surface area contributed by atoms with Crippen molar-refractivity contribution >= 4 is 11.6 Å². The van der Waals surface area contributed by atoms with Crippen molar-refractivity contribution in [1.29, 1.82) is 0 Å². The molecular formula is C13H14O2. The summed E-state index contributed by atoms with van der Waals surface area (Å²) in [5, 5.41) is 0. The predicted octanol–water partition coefficient (Wildman–Crippen LogP) is 2.51. The Morgan fingerprint density at radius 3 is 2.07 bits per heavy atom. The van der Waals surface area contributed by atoms with E-state index in [1.165, 1.54) is 17.2 Å². The highest BCUT2D eigenvalue weighted by molar-refractivity contribution is 6.23. The normalized spacial score (nSPS) is 21.9. The van der Waals surface area contributed by atoms with E-state index in [1.54, 1.807) is 6.92 Å². The topological polar surface area (TPSA) is 34.1 Å². The second kappa shape index (κ2) is 3.30. The number of rotatable bonds is 0. The van der Waals surface area contributed by atoms with Crippen LogP contribution in [-0.4, -0.2) is 11.6 Å². The standard InChI is InChI=1S/C13H14O2/c1-7-4-10-11(5-8(7)2)13(15)9(3)6-12(10)14/h6H,4-5H2,1-3H3. The lowest BCUT2D eigenvalue weighted by Crippen LogP contribution is -2.21. The molecule has 2 rings (SSSR count). The van der Waals surface area contributed by atoms with Gasteiger partial charge in [-0.1, -0.05) is 11.1 Å². The Hall–Kier alpha value is -1.44. The summed E-state index contributed by atoms with van der Waals surface area (Å²) < 4.78 is 0. The molecule has 0 saturated heterocycles. The fourth-order valence-corrected chi connectivity index (χ4v) is 2.09. The highest BCUT2D eigenvalue weighted by atomic mass is 16.1. The monoisotopic (exact) mass is 202 g/mol. The van der Waals surface area contributed by atoms with Gasteiger partial charge >= 0.3 is 0 Å². The first-order chi connectivity index (χ1) is 7.00. The number of hydrogen-bond acceptors (Lipinski definition) is 2. The molecule has 2 heteroatoms. The van der Waals surface area contributed by atoms with Gasteiger partial charge in [0, 0.05) is 16.7 Å². The molecule has 0 spiro atoms. The van der Waals surface area contributed by atoms with Gasteiger partial charge in [-0.05, 0) is 39.7 Å². The van der Waals surface area contributed by atoms with Crippen LogP contribution in [0.25, 0.3) is 0 Å². The third kappa shape index (κ3) is 1.50. The first kappa shape index (κ1) is 10.1. The summed E-state index contributed by atoms with van der Waals surface area (Å²) in [6.07, 6.45) is 2.77. The van der Waals surface area contributed by atoms with Crippen molar-refractivity contribution in [2.45, 2.75) is 33.6 Å². The molecule has 2 aliphatic carbocycles. The minimum absolute atomic E-state index is 0.0222. The van der Waals surface area contributed by atoms with E-state index >= 15 is 0 Å². The first-order valence-corrected chi connectivity index (χ1v) is 5.15. The van der Waals surface area contributed by atoms with Gasteiger partial charge < -0.3 is 0 Å². The van der Waals surface area contributed by atoms with Crippen molar-refractivity contribution in [3.05, 3.63) is 33.9 Å². The third-order valence-corrected chi connectivity index (χ3v) is 3.25. The summed E-state index contributed by atoms with van der Waals surface area (Å²) >= 11 is 0. The van der Waals surface area contributed by atoms with Crippen molar-refractivity contribution in [3.63, 3.8) is 0 Å². The van der Waals surface area contributed by atoms with Crippen LogP contribution < -0.4 is 0 Å². The summed E-state index contributed by atoms with van der Waals surface area (Å²) in [5.74, 6) is 0.0744. The molecule has 0 radical (unpaired) electrons. The van der Waals surface area contributed by atoms with Gasteiger partial charge in [0.05, 0.1) is 0 Å². The van der Waals surface area contributed by atoms with Crippen LogP contribution in [0.2, 0.25) is 0 Å². The van der Waals surface area contributed by atoms with E-state index in [0.717, 1.165) is 5.57 Å². The average molecular weight is 202 g/mol. The Morgan fingerprint density at radius 2 is 1.47 bits per heavy atom. The molecule has 0 unspecified atom stereocenters. The molecule has 0 aromatic rings. The van der Waals surface area contributed by atoms with Gasteiger partial charge in [0.1, 0.15) is 0 Å². The Kier molecular flexibility index (Phi) is 2.22. The molecule has 0 aromatic heterocycles. The van der Waals surface area contributed by atoms with Crippen LogP contribution in [0.1, 0.15) is 33.6 Å². The van der Waals surface area contributed by atoms with Crippen molar-refractivity contribution in [2.24, 2.45) is 0 Å². The summed E-state index contributed by atoms with van der Waals surface area (Å²) in [6.45, 7) is 5.77. The van der Waals surface area contributed by atoms with Crippen LogP contribution >= 0.6 is 0 Å². The van der Waals surface area contributed by atoms with E-state index in [-0.39, 0.29) is 11.6 Å². The van der Waals surface area contributed by atoms with Crippen molar-refractivity contribution in [3.8, 4) is 0 Å². The highest BCUT2D eigenvalue weighted by Gasteiger charge is 2.29. The minimum atomic E-state index is 0.0222. The maximum Gasteiger partial charge on any atom is 0.185 e. The van der Waals surface area contributed by atoms with Crippen LogP contribution in [0, 0.1) is 0 Å². The first-order valence-electron chi connectivity index (χ1n) is 5.15. The van der Waals surface area contributed by atoms with E-state index in [2.05, 4.69) is 0 Å². The van der Waals surface area contributed by atoms with Crippen LogP contribution in [0.5, 0.6) is 0 Å². The molecule has 15 heavy (non-hydrogen) atoms. The van der Waals surface area contributed by atoms with Crippen LogP contribution in [0.15, 0.2) is 33.9 Å². The fourth-order valence-electron chi connectivity index (χ4n) is 2.09. The quantitative estimate of drug-likeness (QED) is 0.447. The number of carbonyl (C=O) groups is 2. The smallest absolute Gasteiger partial charge is 0.185 e. The lowest BCUT2D eigenvalue weighted by atomic mass is 9.79. The fraction of sp³-hybridized carbons (Fsp3) is 0.385. The molecule has 0 bridgehead atoms. The maximum atomic E-state index is 11.9. The predicted molar refractivity (Wildman–Crippen MR) is 58.4 cm³/mol. The molecule has 0 saturated carbocycles. The number of carbonyl (C=O) groups excluding carboxylic acids is 2. The molecule has 2 aliphatic rings. The molecular weight excluding hydrogens is 188 g/mol. The van der Waals surface area contributed by atoms with E-state index in [9.17, 15) is 9.59 Å². The number of Topliss-reactive ketones (excluding diaryl/α,β-unsaturated/α-hetero) is 1. The molecule has 0 N–H and O–H groups in total. The average Bonchev–Trinajstić information content (AvgIpc) is 2.18. The van der Waals surface area contributed by atoms with Crippen molar-refractivity contribution < 1.29 is 9.59 Å². The summed E-state index contributed by atoms with van der Waals surface area (Å²) in [4.78, 5) is 23.6. The largest absolute Gasteiger partial charge is 0.290 e. The molecule has 78 valence electrons. The molecule has 0 heterocycles. The maximum absolute atomic E-state index is 11.9. The Labute approximate surface area is 89.4 Å². The molecule has 0 amide bonds. The van der Waals surface area contributed by atoms with Gasteiger partial charge in [-0.25, -0.2) is 0 Å². The number of ketones is 2. The zero-order valence-corrected chi connectivity index (χ0v) is 9.31. The van der Waals surface area contributed by atoms with Gasteiger partial charge in [-0.15, -0.1) is 0 Å². The van der Waals surface area contributed by atoms with Crippen molar-refractivity contribution in [2.75, 3.05) is 0 Å². The van der Waals surface area contributed by atoms with Gasteiger partial charge in [-0.2, -0.15) is 0 Å². The van der Waals surface area contributed by atoms with Crippen LogP contribution in [0.4, 0.5) is 0 Å². The summed E-state index contributed by atoms with van der Waals surface area (Å²) in [5.41, 5.74) is 4.47. The lowest BCUT2D eigenvalue weighted by Gasteiger charge is -2.23. The zero-order valence-electron chi connectivity index (χ0n) is 9.31.